The summed E-state index contributed by atoms with van der Waals surface area (Å²) in [5.74, 6) is 0.961. The first-order valence-electron chi connectivity index (χ1n) is 7.88. The zero-order valence-corrected chi connectivity index (χ0v) is 15.2. The van der Waals surface area contributed by atoms with Crippen LogP contribution in [0.1, 0.15) is 69.1 Å². The lowest BCUT2D eigenvalue weighted by Gasteiger charge is -2.20. The molecule has 0 aliphatic heterocycles. The van der Waals surface area contributed by atoms with Crippen molar-refractivity contribution < 1.29 is 9.32 Å². The number of amides is 1. The maximum absolute atomic E-state index is 12.3. The Bertz CT molecular complexity index is 444. The standard InChI is InChI=1S/C16H29N3O2.ClH/c1-6-12(7-2)14-10-15(21-18-14)16(20)19(5)9-8-13(17)11(3)4;/h10-13H,6-9,17H2,1-5H3;1H. The van der Waals surface area contributed by atoms with Crippen LogP contribution in [0.25, 0.3) is 0 Å². The Labute approximate surface area is 140 Å². The van der Waals surface area contributed by atoms with Crippen LogP contribution in [-0.2, 0) is 0 Å². The van der Waals surface area contributed by atoms with E-state index in [4.69, 9.17) is 10.3 Å². The second kappa shape index (κ2) is 9.85. The molecule has 1 unspecified atom stereocenters. The summed E-state index contributed by atoms with van der Waals surface area (Å²) < 4.78 is 5.21. The summed E-state index contributed by atoms with van der Waals surface area (Å²) in [6, 6.07) is 1.88. The van der Waals surface area contributed by atoms with Gasteiger partial charge in [0, 0.05) is 31.6 Å². The highest BCUT2D eigenvalue weighted by Crippen LogP contribution is 2.22. The second-order valence-corrected chi connectivity index (χ2v) is 6.05. The molecule has 0 aromatic carbocycles. The Balaban J connectivity index is 0.00000441. The van der Waals surface area contributed by atoms with Crippen molar-refractivity contribution in [2.45, 2.75) is 58.9 Å². The predicted octanol–water partition coefficient (Wildman–Crippen LogP) is 3.45. The van der Waals surface area contributed by atoms with Gasteiger partial charge in [-0.2, -0.15) is 0 Å². The fourth-order valence-electron chi connectivity index (χ4n) is 2.25. The SMILES string of the molecule is CCC(CC)c1cc(C(=O)N(C)CCC(N)C(C)C)on1.Cl. The normalized spacial score (nSPS) is 12.4. The van der Waals surface area contributed by atoms with Gasteiger partial charge in [-0.3, -0.25) is 4.79 Å². The minimum Gasteiger partial charge on any atom is -0.351 e. The summed E-state index contributed by atoms with van der Waals surface area (Å²) in [6.07, 6.45) is 2.78. The van der Waals surface area contributed by atoms with E-state index in [0.717, 1.165) is 25.0 Å². The average molecular weight is 332 g/mol. The van der Waals surface area contributed by atoms with Gasteiger partial charge in [0.05, 0.1) is 5.69 Å². The molecule has 1 rings (SSSR count). The van der Waals surface area contributed by atoms with Gasteiger partial charge in [0.2, 0.25) is 5.76 Å². The van der Waals surface area contributed by atoms with Gasteiger partial charge in [0.25, 0.3) is 5.91 Å². The third-order valence-electron chi connectivity index (χ3n) is 4.14. The van der Waals surface area contributed by atoms with Gasteiger partial charge in [0.15, 0.2) is 0 Å². The number of hydrogen-bond donors (Lipinski definition) is 1. The van der Waals surface area contributed by atoms with Crippen LogP contribution in [0.4, 0.5) is 0 Å². The first-order chi connectivity index (χ1) is 9.90. The molecular formula is C16H30ClN3O2. The minimum absolute atomic E-state index is 0. The summed E-state index contributed by atoms with van der Waals surface area (Å²) in [7, 11) is 1.77. The summed E-state index contributed by atoms with van der Waals surface area (Å²) in [6.45, 7) is 9.03. The van der Waals surface area contributed by atoms with Crippen molar-refractivity contribution in [3.05, 3.63) is 17.5 Å². The third kappa shape index (κ3) is 5.61. The molecule has 0 spiro atoms. The van der Waals surface area contributed by atoms with E-state index in [1.807, 2.05) is 0 Å². The van der Waals surface area contributed by atoms with Gasteiger partial charge in [-0.05, 0) is 25.2 Å². The molecule has 6 heteroatoms. The van der Waals surface area contributed by atoms with Crippen molar-refractivity contribution in [3.8, 4) is 0 Å². The Morgan fingerprint density at radius 3 is 2.45 bits per heavy atom. The quantitative estimate of drug-likeness (QED) is 0.792. The Morgan fingerprint density at radius 1 is 1.36 bits per heavy atom. The average Bonchev–Trinajstić information content (AvgIpc) is 2.94. The van der Waals surface area contributed by atoms with E-state index in [9.17, 15) is 4.79 Å². The smallest absolute Gasteiger partial charge is 0.292 e. The van der Waals surface area contributed by atoms with Gasteiger partial charge in [-0.1, -0.05) is 32.9 Å². The molecule has 0 aliphatic rings. The molecule has 1 aromatic heterocycles. The molecular weight excluding hydrogens is 302 g/mol. The van der Waals surface area contributed by atoms with Crippen LogP contribution in [0.3, 0.4) is 0 Å². The van der Waals surface area contributed by atoms with Crippen LogP contribution in [0, 0.1) is 5.92 Å². The van der Waals surface area contributed by atoms with E-state index >= 15 is 0 Å². The number of rotatable bonds is 8. The van der Waals surface area contributed by atoms with Crippen molar-refractivity contribution in [3.63, 3.8) is 0 Å². The van der Waals surface area contributed by atoms with E-state index in [2.05, 4.69) is 32.9 Å². The van der Waals surface area contributed by atoms with Gasteiger partial charge >= 0.3 is 0 Å². The van der Waals surface area contributed by atoms with Crippen LogP contribution in [-0.4, -0.2) is 35.6 Å². The fraction of sp³-hybridized carbons (Fsp3) is 0.750. The zero-order chi connectivity index (χ0) is 16.0. The van der Waals surface area contributed by atoms with Crippen LogP contribution in [0.5, 0.6) is 0 Å². The number of aromatic nitrogens is 1. The summed E-state index contributed by atoms with van der Waals surface area (Å²) in [5.41, 5.74) is 6.88. The number of carbonyl (C=O) groups excluding carboxylic acids is 1. The maximum Gasteiger partial charge on any atom is 0.292 e. The van der Waals surface area contributed by atoms with Crippen molar-refractivity contribution in [1.82, 2.24) is 10.1 Å². The number of nitrogens with zero attached hydrogens (tertiary/aromatic N) is 2. The Kier molecular flexibility index (Phi) is 9.37. The highest BCUT2D eigenvalue weighted by Gasteiger charge is 2.21. The minimum atomic E-state index is -0.129. The van der Waals surface area contributed by atoms with Crippen LogP contribution in [0.15, 0.2) is 10.6 Å². The predicted molar refractivity (Wildman–Crippen MR) is 91.5 cm³/mol. The molecule has 0 bridgehead atoms. The van der Waals surface area contributed by atoms with Crippen LogP contribution in [0.2, 0.25) is 0 Å². The molecule has 0 saturated carbocycles. The molecule has 1 amide bonds. The van der Waals surface area contributed by atoms with E-state index in [-0.39, 0.29) is 24.4 Å². The molecule has 1 aromatic rings. The summed E-state index contributed by atoms with van der Waals surface area (Å²) in [5, 5.41) is 4.04. The highest BCUT2D eigenvalue weighted by molar-refractivity contribution is 5.91. The van der Waals surface area contributed by atoms with Gasteiger partial charge < -0.3 is 15.2 Å². The van der Waals surface area contributed by atoms with Crippen molar-refractivity contribution in [1.29, 1.82) is 0 Å². The summed E-state index contributed by atoms with van der Waals surface area (Å²) in [4.78, 5) is 13.9. The maximum atomic E-state index is 12.3. The lowest BCUT2D eigenvalue weighted by atomic mass is 9.99. The van der Waals surface area contributed by atoms with Crippen LogP contribution >= 0.6 is 12.4 Å². The van der Waals surface area contributed by atoms with E-state index < -0.39 is 0 Å². The first-order valence-corrected chi connectivity index (χ1v) is 7.88. The van der Waals surface area contributed by atoms with Crippen molar-refractivity contribution in [2.24, 2.45) is 11.7 Å². The van der Waals surface area contributed by atoms with E-state index in [1.54, 1.807) is 18.0 Å². The largest absolute Gasteiger partial charge is 0.351 e. The number of carbonyl (C=O) groups is 1. The van der Waals surface area contributed by atoms with Crippen molar-refractivity contribution in [2.75, 3.05) is 13.6 Å². The monoisotopic (exact) mass is 331 g/mol. The number of halogens is 1. The molecule has 1 heterocycles. The molecule has 0 saturated heterocycles. The lowest BCUT2D eigenvalue weighted by molar-refractivity contribution is 0.0747. The van der Waals surface area contributed by atoms with E-state index in [1.165, 1.54) is 0 Å². The zero-order valence-electron chi connectivity index (χ0n) is 14.3. The van der Waals surface area contributed by atoms with E-state index in [0.29, 0.717) is 24.1 Å². The molecule has 0 radical (unpaired) electrons. The van der Waals surface area contributed by atoms with Crippen molar-refractivity contribution >= 4 is 18.3 Å². The molecule has 1 atom stereocenters. The lowest BCUT2D eigenvalue weighted by Crippen LogP contribution is -2.34. The molecule has 2 N–H and O–H groups in total. The molecule has 22 heavy (non-hydrogen) atoms. The number of hydrogen-bond acceptors (Lipinski definition) is 4. The topological polar surface area (TPSA) is 72.4 Å². The number of nitrogens with two attached hydrogens (primary N) is 1. The van der Waals surface area contributed by atoms with Gasteiger partial charge in [-0.25, -0.2) is 0 Å². The highest BCUT2D eigenvalue weighted by atomic mass is 35.5. The van der Waals surface area contributed by atoms with Gasteiger partial charge in [0.1, 0.15) is 0 Å². The molecule has 5 nitrogen and oxygen atoms in total. The first kappa shape index (κ1) is 20.9. The Hall–Kier alpha value is -1.07. The molecule has 128 valence electrons. The summed E-state index contributed by atoms with van der Waals surface area (Å²) >= 11 is 0. The van der Waals surface area contributed by atoms with Crippen LogP contribution < -0.4 is 5.73 Å². The second-order valence-electron chi connectivity index (χ2n) is 6.05. The van der Waals surface area contributed by atoms with Gasteiger partial charge in [-0.15, -0.1) is 12.4 Å². The Morgan fingerprint density at radius 2 is 1.95 bits per heavy atom. The third-order valence-corrected chi connectivity index (χ3v) is 4.14. The fourth-order valence-corrected chi connectivity index (χ4v) is 2.25. The molecule has 0 fully saturated rings. The molecule has 0 aliphatic carbocycles.